The Balaban J connectivity index is 1.69. The molecule has 1 aromatic heterocycles. The molecule has 14 nitrogen and oxygen atoms in total. The van der Waals surface area contributed by atoms with Crippen LogP contribution in [-0.2, 0) is 33.6 Å². The highest BCUT2D eigenvalue weighted by Crippen LogP contribution is 2.51. The van der Waals surface area contributed by atoms with Crippen LogP contribution in [0.25, 0.3) is 0 Å². The minimum absolute atomic E-state index is 0.00535. The van der Waals surface area contributed by atoms with Crippen molar-refractivity contribution in [2.45, 2.75) is 83.3 Å². The summed E-state index contributed by atoms with van der Waals surface area (Å²) in [5, 5.41) is 9.42. The Morgan fingerprint density at radius 2 is 1.43 bits per heavy atom. The number of nitrogens with zero attached hydrogens (tertiary/aromatic N) is 3. The van der Waals surface area contributed by atoms with Crippen molar-refractivity contribution in [1.29, 1.82) is 5.26 Å². The lowest BCUT2D eigenvalue weighted by Crippen LogP contribution is -2.44. The van der Waals surface area contributed by atoms with Gasteiger partial charge in [-0.15, -0.1) is 0 Å². The molecule has 0 bridgehead atoms. The van der Waals surface area contributed by atoms with E-state index in [0.717, 1.165) is 16.7 Å². The third kappa shape index (κ3) is 10.2. The van der Waals surface area contributed by atoms with E-state index in [9.17, 15) is 14.9 Å². The van der Waals surface area contributed by atoms with E-state index >= 15 is 0 Å². The van der Waals surface area contributed by atoms with Crippen LogP contribution in [0.4, 0.5) is 0 Å². The van der Waals surface area contributed by atoms with E-state index in [1.807, 2.05) is 107 Å². The molecule has 1 fully saturated rings. The van der Waals surface area contributed by atoms with E-state index in [-0.39, 0.29) is 44.9 Å². The fraction of sp³-hybridized carbons (Fsp3) is 0.465. The lowest BCUT2D eigenvalue weighted by Gasteiger charge is -2.39. The Kier molecular flexibility index (Phi) is 16.2. The number of aromatic amines is 1. The van der Waals surface area contributed by atoms with Crippen LogP contribution >= 0.6 is 8.53 Å². The fourth-order valence-corrected chi connectivity index (χ4v) is 8.86. The van der Waals surface area contributed by atoms with Gasteiger partial charge in [-0.05, 0) is 75.6 Å². The Morgan fingerprint density at radius 1 is 0.845 bits per heavy atom. The summed E-state index contributed by atoms with van der Waals surface area (Å²) in [6.45, 7) is 10.3. The van der Waals surface area contributed by atoms with Crippen molar-refractivity contribution in [2.24, 2.45) is 0 Å². The average Bonchev–Trinajstić information content (AvgIpc) is 3.56. The number of aryl methyl sites for hydroxylation is 1. The number of nitrogens with one attached hydrogen (secondary N) is 1. The van der Waals surface area contributed by atoms with Crippen molar-refractivity contribution in [1.82, 2.24) is 14.2 Å². The van der Waals surface area contributed by atoms with Crippen molar-refractivity contribution < 1.29 is 37.5 Å². The van der Waals surface area contributed by atoms with Crippen LogP contribution in [0.15, 0.2) is 94.6 Å². The first-order valence-corrected chi connectivity index (χ1v) is 20.4. The molecule has 5 atom stereocenters. The summed E-state index contributed by atoms with van der Waals surface area (Å²) in [6, 6.07) is 27.4. The molecule has 3 aromatic carbocycles. The molecule has 5 rings (SSSR count). The summed E-state index contributed by atoms with van der Waals surface area (Å²) in [7, 11) is 2.98. The molecule has 15 heteroatoms. The van der Waals surface area contributed by atoms with E-state index in [4.69, 9.17) is 37.5 Å². The number of aromatic nitrogens is 2. The maximum Gasteiger partial charge on any atom is 0.330 e. The maximum absolute atomic E-state index is 13.5. The number of hydrogen-bond donors (Lipinski definition) is 1. The Labute approximate surface area is 341 Å². The second-order valence-electron chi connectivity index (χ2n) is 14.3. The Hall–Kier alpha value is -4.42. The third-order valence-electron chi connectivity index (χ3n) is 9.82. The molecule has 0 aliphatic carbocycles. The molecule has 1 aliphatic rings. The fourth-order valence-electron chi connectivity index (χ4n) is 7.09. The van der Waals surface area contributed by atoms with Crippen LogP contribution in [0.1, 0.15) is 62.6 Å². The molecular weight excluding hydrogens is 763 g/mol. The second kappa shape index (κ2) is 21.0. The van der Waals surface area contributed by atoms with Gasteiger partial charge in [0, 0.05) is 31.0 Å². The van der Waals surface area contributed by atoms with Crippen LogP contribution in [0.3, 0.4) is 0 Å². The van der Waals surface area contributed by atoms with E-state index in [2.05, 4.69) is 15.7 Å². The summed E-state index contributed by atoms with van der Waals surface area (Å²) in [4.78, 5) is 28.5. The first-order valence-electron chi connectivity index (χ1n) is 19.3. The predicted octanol–water partition coefficient (Wildman–Crippen LogP) is 6.46. The van der Waals surface area contributed by atoms with E-state index in [0.29, 0.717) is 17.1 Å². The van der Waals surface area contributed by atoms with Crippen LogP contribution in [0.5, 0.6) is 11.5 Å². The van der Waals surface area contributed by atoms with Crippen molar-refractivity contribution in [3.63, 3.8) is 0 Å². The lowest BCUT2D eigenvalue weighted by atomic mass is 9.80. The highest BCUT2D eigenvalue weighted by molar-refractivity contribution is 7.44. The average molecular weight is 819 g/mol. The van der Waals surface area contributed by atoms with Crippen molar-refractivity contribution in [2.75, 3.05) is 47.8 Å². The van der Waals surface area contributed by atoms with Gasteiger partial charge >= 0.3 is 5.69 Å². The zero-order valence-electron chi connectivity index (χ0n) is 34.5. The normalized spacial score (nSPS) is 18.8. The number of methoxy groups -OCH3 is 3. The molecule has 4 aromatic rings. The molecule has 58 heavy (non-hydrogen) atoms. The molecule has 0 radical (unpaired) electrons. The Morgan fingerprint density at radius 3 is 1.97 bits per heavy atom. The predicted molar refractivity (Wildman–Crippen MR) is 220 cm³/mol. The van der Waals surface area contributed by atoms with Crippen LogP contribution in [0, 0.1) is 18.3 Å². The second-order valence-corrected chi connectivity index (χ2v) is 15.7. The molecule has 1 aliphatic heterocycles. The summed E-state index contributed by atoms with van der Waals surface area (Å²) in [6.07, 6.45) is -2.12. The van der Waals surface area contributed by atoms with Gasteiger partial charge in [0.2, 0.25) is 0 Å². The minimum Gasteiger partial charge on any atom is -0.497 e. The van der Waals surface area contributed by atoms with Gasteiger partial charge in [0.1, 0.15) is 35.4 Å². The van der Waals surface area contributed by atoms with Gasteiger partial charge in [0.05, 0.1) is 53.1 Å². The smallest absolute Gasteiger partial charge is 0.330 e. The quantitative estimate of drug-likeness (QED) is 0.0557. The summed E-state index contributed by atoms with van der Waals surface area (Å²) < 4.78 is 54.0. The lowest BCUT2D eigenvalue weighted by molar-refractivity contribution is -0.0991. The largest absolute Gasteiger partial charge is 0.497 e. The number of rotatable bonds is 21. The van der Waals surface area contributed by atoms with E-state index in [1.165, 1.54) is 10.8 Å². The summed E-state index contributed by atoms with van der Waals surface area (Å²) in [5.74, 6) is 1.36. The topological polar surface area (TPSA) is 156 Å². The number of H-pyrrole nitrogens is 1. The minimum atomic E-state index is -1.82. The maximum atomic E-state index is 13.5. The SMILES string of the molecule is COCCOC1C(n2cc(C)c(=O)[nH]c2=O)OC(COC(c2ccccc2)(c2ccc(OC)cc2)c2ccc(OC)cc2)[C@@H]1OP(OCCC#N)N(C(C)C)C(C)C. The van der Waals surface area contributed by atoms with Crippen molar-refractivity contribution >= 4 is 8.53 Å². The van der Waals surface area contributed by atoms with E-state index in [1.54, 1.807) is 28.3 Å². The summed E-state index contributed by atoms with van der Waals surface area (Å²) >= 11 is 0. The highest BCUT2D eigenvalue weighted by atomic mass is 31.2. The molecule has 4 unspecified atom stereocenters. The van der Waals surface area contributed by atoms with Gasteiger partial charge in [-0.3, -0.25) is 14.3 Å². The third-order valence-corrected chi connectivity index (χ3v) is 11.9. The van der Waals surface area contributed by atoms with Gasteiger partial charge in [0.25, 0.3) is 14.1 Å². The van der Waals surface area contributed by atoms with Crippen molar-refractivity contribution in [3.05, 3.63) is 128 Å². The number of hydrogen-bond acceptors (Lipinski definition) is 12. The van der Waals surface area contributed by atoms with Gasteiger partial charge < -0.3 is 37.5 Å². The zero-order chi connectivity index (χ0) is 41.8. The van der Waals surface area contributed by atoms with Crippen molar-refractivity contribution in [3.8, 4) is 17.6 Å². The first kappa shape index (κ1) is 44.7. The molecule has 0 amide bonds. The van der Waals surface area contributed by atoms with Crippen LogP contribution in [0.2, 0.25) is 0 Å². The van der Waals surface area contributed by atoms with Gasteiger partial charge in [-0.2, -0.15) is 5.26 Å². The molecule has 1 N–H and O–H groups in total. The van der Waals surface area contributed by atoms with Crippen LogP contribution in [-0.4, -0.2) is 92.4 Å². The number of benzene rings is 3. The highest BCUT2D eigenvalue weighted by Gasteiger charge is 2.51. The van der Waals surface area contributed by atoms with Crippen LogP contribution < -0.4 is 20.7 Å². The molecule has 0 saturated carbocycles. The molecule has 0 spiro atoms. The van der Waals surface area contributed by atoms with Gasteiger partial charge in [-0.1, -0.05) is 54.6 Å². The standard InChI is InChI=1S/C43H55N4O10P/c1-29(2)47(30(3)4)58(55-24-12-23-44)57-38-37(56-41(39(38)53-26-25-50-6)46-27-31(5)40(48)45-42(46)49)28-54-43(32-13-10-9-11-14-32,33-15-19-35(51-7)20-16-33)34-17-21-36(52-8)22-18-34/h9-11,13-22,27,29-30,37-39,41H,12,24-26,28H2,1-8H3,(H,45,48,49)/t37?,38-,39?,41?,58?/m0/s1. The van der Waals surface area contributed by atoms with E-state index < -0.39 is 49.9 Å². The van der Waals surface area contributed by atoms with Gasteiger partial charge in [0.15, 0.2) is 6.23 Å². The number of ether oxygens (including phenoxy) is 6. The van der Waals surface area contributed by atoms with Gasteiger partial charge in [-0.25, -0.2) is 9.46 Å². The first-order chi connectivity index (χ1) is 28.0. The number of nitriles is 1. The molecule has 312 valence electrons. The monoisotopic (exact) mass is 818 g/mol. The zero-order valence-corrected chi connectivity index (χ0v) is 35.3. The molecular formula is C43H55N4O10P. The molecule has 2 heterocycles. The summed E-state index contributed by atoms with van der Waals surface area (Å²) in [5.41, 5.74) is 0.384. The molecule has 1 saturated heterocycles. The Bertz CT molecular complexity index is 1980.